The van der Waals surface area contributed by atoms with Gasteiger partial charge in [0.15, 0.2) is 0 Å². The number of piperidine rings is 1. The number of anilines is 2. The van der Waals surface area contributed by atoms with Gasteiger partial charge in [-0.2, -0.15) is 0 Å². The van der Waals surface area contributed by atoms with Gasteiger partial charge in [0.05, 0.1) is 0 Å². The summed E-state index contributed by atoms with van der Waals surface area (Å²) >= 11 is 0. The van der Waals surface area contributed by atoms with E-state index in [0.29, 0.717) is 0 Å². The molecule has 0 atom stereocenters. The van der Waals surface area contributed by atoms with Crippen LogP contribution < -0.4 is 10.2 Å². The van der Waals surface area contributed by atoms with Gasteiger partial charge in [-0.25, -0.2) is 15.0 Å². The number of nitrogens with one attached hydrogen (secondary N) is 1. The van der Waals surface area contributed by atoms with Gasteiger partial charge >= 0.3 is 0 Å². The zero-order valence-corrected chi connectivity index (χ0v) is 12.4. The maximum absolute atomic E-state index is 4.50. The van der Waals surface area contributed by atoms with Gasteiger partial charge in [0.25, 0.3) is 0 Å². The molecule has 0 radical (unpaired) electrons. The molecular weight excluding hydrogens is 262 g/mol. The molecule has 0 spiro atoms. The normalized spacial score (nSPS) is 15.0. The third-order valence-corrected chi connectivity index (χ3v) is 3.77. The van der Waals surface area contributed by atoms with Crippen molar-refractivity contribution < 1.29 is 0 Å². The maximum Gasteiger partial charge on any atom is 0.129 e. The Morgan fingerprint density at radius 1 is 1.10 bits per heavy atom. The molecule has 0 aromatic carbocycles. The number of pyridine rings is 1. The van der Waals surface area contributed by atoms with Crippen molar-refractivity contribution in [3.8, 4) is 0 Å². The molecular formula is C16H21N5. The maximum atomic E-state index is 4.50. The highest BCUT2D eigenvalue weighted by atomic mass is 15.2. The topological polar surface area (TPSA) is 53.9 Å². The molecule has 1 aliphatic heterocycles. The van der Waals surface area contributed by atoms with Crippen molar-refractivity contribution in [2.45, 2.75) is 32.7 Å². The second-order valence-corrected chi connectivity index (χ2v) is 5.47. The molecule has 2 aromatic rings. The summed E-state index contributed by atoms with van der Waals surface area (Å²) in [6.45, 7) is 4.96. The molecule has 5 nitrogen and oxygen atoms in total. The predicted octanol–water partition coefficient (Wildman–Crippen LogP) is 2.78. The van der Waals surface area contributed by atoms with Crippen molar-refractivity contribution in [1.29, 1.82) is 0 Å². The number of rotatable bonds is 4. The van der Waals surface area contributed by atoms with E-state index < -0.39 is 0 Å². The van der Waals surface area contributed by atoms with E-state index in [-0.39, 0.29) is 0 Å². The molecule has 0 saturated carbocycles. The molecule has 2 aromatic heterocycles. The molecule has 0 aliphatic carbocycles. The Hall–Kier alpha value is -2.17. The van der Waals surface area contributed by atoms with E-state index in [1.165, 1.54) is 24.8 Å². The lowest BCUT2D eigenvalue weighted by Crippen LogP contribution is -2.30. The van der Waals surface area contributed by atoms with E-state index in [1.54, 1.807) is 6.33 Å². The minimum atomic E-state index is 0.750. The van der Waals surface area contributed by atoms with Crippen LogP contribution in [0.3, 0.4) is 0 Å². The summed E-state index contributed by atoms with van der Waals surface area (Å²) in [5, 5.41) is 3.33. The van der Waals surface area contributed by atoms with Crippen LogP contribution in [0.25, 0.3) is 0 Å². The number of hydrogen-bond donors (Lipinski definition) is 1. The van der Waals surface area contributed by atoms with Crippen molar-refractivity contribution in [3.63, 3.8) is 0 Å². The quantitative estimate of drug-likeness (QED) is 0.935. The average molecular weight is 283 g/mol. The lowest BCUT2D eigenvalue weighted by molar-refractivity contribution is 0.573. The number of aryl methyl sites for hydroxylation is 1. The average Bonchev–Trinajstić information content (AvgIpc) is 2.54. The number of hydrogen-bond acceptors (Lipinski definition) is 5. The van der Waals surface area contributed by atoms with Gasteiger partial charge in [0.1, 0.15) is 18.0 Å². The molecule has 1 N–H and O–H groups in total. The van der Waals surface area contributed by atoms with Crippen LogP contribution in [0.4, 0.5) is 11.6 Å². The predicted molar refractivity (Wildman–Crippen MR) is 84.4 cm³/mol. The van der Waals surface area contributed by atoms with E-state index >= 15 is 0 Å². The van der Waals surface area contributed by atoms with Crippen molar-refractivity contribution >= 4 is 11.6 Å². The largest absolute Gasteiger partial charge is 0.366 e. The van der Waals surface area contributed by atoms with Gasteiger partial charge in [-0.1, -0.05) is 0 Å². The first kappa shape index (κ1) is 13.8. The molecule has 21 heavy (non-hydrogen) atoms. The first-order chi connectivity index (χ1) is 10.3. The smallest absolute Gasteiger partial charge is 0.129 e. The second kappa shape index (κ2) is 6.52. The Morgan fingerprint density at radius 3 is 2.76 bits per heavy atom. The summed E-state index contributed by atoms with van der Waals surface area (Å²) in [6, 6.07) is 6.17. The van der Waals surface area contributed by atoms with Crippen molar-refractivity contribution in [1.82, 2.24) is 15.0 Å². The van der Waals surface area contributed by atoms with Gasteiger partial charge in [0, 0.05) is 37.6 Å². The van der Waals surface area contributed by atoms with Crippen LogP contribution in [0.5, 0.6) is 0 Å². The van der Waals surface area contributed by atoms with Crippen LogP contribution in [0.2, 0.25) is 0 Å². The number of nitrogens with zero attached hydrogens (tertiary/aromatic N) is 4. The van der Waals surface area contributed by atoms with Gasteiger partial charge in [-0.3, -0.25) is 0 Å². The molecule has 5 heteroatoms. The highest BCUT2D eigenvalue weighted by Gasteiger charge is 2.12. The third-order valence-electron chi connectivity index (χ3n) is 3.77. The van der Waals surface area contributed by atoms with Crippen molar-refractivity contribution in [2.24, 2.45) is 0 Å². The third kappa shape index (κ3) is 3.68. The van der Waals surface area contributed by atoms with Crippen LogP contribution in [0.15, 0.2) is 30.7 Å². The molecule has 0 amide bonds. The van der Waals surface area contributed by atoms with Gasteiger partial charge < -0.3 is 10.2 Å². The monoisotopic (exact) mass is 283 g/mol. The first-order valence-electron chi connectivity index (χ1n) is 7.54. The summed E-state index contributed by atoms with van der Waals surface area (Å²) < 4.78 is 0. The fraction of sp³-hybridized carbons (Fsp3) is 0.438. The zero-order chi connectivity index (χ0) is 14.5. The van der Waals surface area contributed by atoms with Crippen LogP contribution >= 0.6 is 0 Å². The lowest BCUT2D eigenvalue weighted by atomic mass is 10.1. The molecule has 3 heterocycles. The molecule has 110 valence electrons. The fourth-order valence-electron chi connectivity index (χ4n) is 2.61. The van der Waals surface area contributed by atoms with Crippen LogP contribution in [-0.4, -0.2) is 28.0 Å². The molecule has 1 saturated heterocycles. The molecule has 0 unspecified atom stereocenters. The highest BCUT2D eigenvalue weighted by Crippen LogP contribution is 2.18. The Balaban J connectivity index is 1.65. The van der Waals surface area contributed by atoms with E-state index in [9.17, 15) is 0 Å². The standard InChI is InChI=1S/C16H21N5/c1-13-9-15(20-12-19-13)18-11-14-5-6-17-16(10-14)21-7-3-2-4-8-21/h5-6,9-10,12H,2-4,7-8,11H2,1H3,(H,18,19,20). The minimum absolute atomic E-state index is 0.750. The zero-order valence-electron chi connectivity index (χ0n) is 12.4. The minimum Gasteiger partial charge on any atom is -0.366 e. The van der Waals surface area contributed by atoms with Crippen molar-refractivity contribution in [3.05, 3.63) is 42.0 Å². The van der Waals surface area contributed by atoms with Gasteiger partial charge in [-0.05, 0) is 43.9 Å². The molecule has 0 bridgehead atoms. The van der Waals surface area contributed by atoms with E-state index in [2.05, 4.69) is 37.3 Å². The van der Waals surface area contributed by atoms with E-state index in [0.717, 1.165) is 37.0 Å². The Kier molecular flexibility index (Phi) is 4.28. The molecule has 3 rings (SSSR count). The highest BCUT2D eigenvalue weighted by molar-refractivity contribution is 5.43. The van der Waals surface area contributed by atoms with E-state index in [1.807, 2.05) is 19.2 Å². The number of aromatic nitrogens is 3. The van der Waals surface area contributed by atoms with Gasteiger partial charge in [0.2, 0.25) is 0 Å². The van der Waals surface area contributed by atoms with Gasteiger partial charge in [-0.15, -0.1) is 0 Å². The molecule has 1 fully saturated rings. The van der Waals surface area contributed by atoms with Crippen LogP contribution in [0.1, 0.15) is 30.5 Å². The molecule has 1 aliphatic rings. The Labute approximate surface area is 125 Å². The summed E-state index contributed by atoms with van der Waals surface area (Å²) in [6.07, 6.45) is 7.36. The summed E-state index contributed by atoms with van der Waals surface area (Å²) in [4.78, 5) is 15.2. The summed E-state index contributed by atoms with van der Waals surface area (Å²) in [5.74, 6) is 1.95. The van der Waals surface area contributed by atoms with Crippen LogP contribution in [-0.2, 0) is 6.54 Å². The second-order valence-electron chi connectivity index (χ2n) is 5.47. The Bertz CT molecular complexity index is 593. The fourth-order valence-corrected chi connectivity index (χ4v) is 2.61. The summed E-state index contributed by atoms with van der Waals surface area (Å²) in [5.41, 5.74) is 2.19. The first-order valence-corrected chi connectivity index (χ1v) is 7.54. The van der Waals surface area contributed by atoms with Crippen LogP contribution in [0, 0.1) is 6.92 Å². The summed E-state index contributed by atoms with van der Waals surface area (Å²) in [7, 11) is 0. The van der Waals surface area contributed by atoms with E-state index in [4.69, 9.17) is 0 Å². The lowest BCUT2D eigenvalue weighted by Gasteiger charge is -2.27. The SMILES string of the molecule is Cc1cc(NCc2ccnc(N3CCCCC3)c2)ncn1. The van der Waals surface area contributed by atoms with Crippen molar-refractivity contribution in [2.75, 3.05) is 23.3 Å². The Morgan fingerprint density at radius 2 is 1.95 bits per heavy atom.